The summed E-state index contributed by atoms with van der Waals surface area (Å²) < 4.78 is 22.8. The predicted octanol–water partition coefficient (Wildman–Crippen LogP) is 1.12. The fourth-order valence-corrected chi connectivity index (χ4v) is 2.82. The quantitative estimate of drug-likeness (QED) is 0.591. The van der Waals surface area contributed by atoms with Crippen LogP contribution in [0.1, 0.15) is 5.56 Å². The molecule has 2 N–H and O–H groups in total. The summed E-state index contributed by atoms with van der Waals surface area (Å²) in [5.74, 6) is 0. The average molecular weight is 213 g/mol. The summed E-state index contributed by atoms with van der Waals surface area (Å²) in [6, 6.07) is 6.69. The Morgan fingerprint density at radius 3 is 2.31 bits per heavy atom. The minimum absolute atomic E-state index is 0.129. The van der Waals surface area contributed by atoms with Gasteiger partial charge in [-0.15, -0.1) is 0 Å². The fraction of sp³-hybridized carbons (Fsp3) is 0.143. The van der Waals surface area contributed by atoms with Crippen molar-refractivity contribution in [2.45, 2.75) is 11.8 Å². The third kappa shape index (κ3) is 2.73. The number of hydrogen-bond acceptors (Lipinski definition) is 2. The third-order valence-electron chi connectivity index (χ3n) is 1.52. The molecule has 0 heterocycles. The summed E-state index contributed by atoms with van der Waals surface area (Å²) in [4.78, 5) is 0.307. The van der Waals surface area contributed by atoms with Crippen LogP contribution in [-0.2, 0) is 9.46 Å². The first-order valence-corrected chi connectivity index (χ1v) is 6.68. The van der Waals surface area contributed by atoms with E-state index in [1.54, 1.807) is 24.3 Å². The van der Waals surface area contributed by atoms with Crippen LogP contribution in [-0.4, -0.2) is 15.2 Å². The monoisotopic (exact) mass is 213 g/mol. The maximum atomic E-state index is 11.4. The van der Waals surface area contributed by atoms with Crippen molar-refractivity contribution in [2.75, 3.05) is 0 Å². The van der Waals surface area contributed by atoms with Crippen molar-refractivity contribution >= 4 is 23.5 Å². The zero-order chi connectivity index (χ0) is 9.90. The molecule has 0 fully saturated rings. The molecular formula is C7H9BNO2PS. The number of nitrogens with two attached hydrogens (primary N) is 1. The van der Waals surface area contributed by atoms with Gasteiger partial charge in [-0.3, -0.25) is 0 Å². The van der Waals surface area contributed by atoms with Crippen molar-refractivity contribution < 1.29 is 8.42 Å². The van der Waals surface area contributed by atoms with Gasteiger partial charge in [-0.2, -0.15) is 0 Å². The van der Waals surface area contributed by atoms with Gasteiger partial charge in [-0.05, 0) is 0 Å². The number of aryl methyl sites for hydroxylation is 1. The van der Waals surface area contributed by atoms with Gasteiger partial charge in [0.25, 0.3) is 0 Å². The molecule has 1 rings (SSSR count). The Labute approximate surface area is 79.6 Å². The fourth-order valence-electron chi connectivity index (χ4n) is 0.851. The Bertz CT molecular complexity index is 413. The van der Waals surface area contributed by atoms with E-state index in [1.165, 1.54) is 0 Å². The van der Waals surface area contributed by atoms with Crippen LogP contribution < -0.4 is 5.64 Å². The molecule has 3 nitrogen and oxygen atoms in total. The molecule has 68 valence electrons. The molecule has 0 aliphatic heterocycles. The van der Waals surface area contributed by atoms with Gasteiger partial charge in [-0.1, -0.05) is 0 Å². The Balaban J connectivity index is 3.17. The van der Waals surface area contributed by atoms with Crippen LogP contribution >= 0.6 is 7.27 Å². The van der Waals surface area contributed by atoms with Crippen molar-refractivity contribution in [2.24, 2.45) is 5.64 Å². The van der Waals surface area contributed by atoms with Crippen LogP contribution in [0.5, 0.6) is 0 Å². The zero-order valence-corrected chi connectivity index (χ0v) is 8.85. The summed E-state index contributed by atoms with van der Waals surface area (Å²) in [5.41, 5.74) is 6.10. The second-order valence-corrected chi connectivity index (χ2v) is 6.55. The second-order valence-electron chi connectivity index (χ2n) is 2.54. The average Bonchev–Trinajstić information content (AvgIpc) is 2.05. The summed E-state index contributed by atoms with van der Waals surface area (Å²) in [7, 11) is -3.11. The molecule has 0 radical (unpaired) electrons. The number of benzene rings is 1. The zero-order valence-electron chi connectivity index (χ0n) is 7.14. The molecule has 6 heteroatoms. The van der Waals surface area contributed by atoms with Gasteiger partial charge < -0.3 is 0 Å². The maximum absolute atomic E-state index is 11.4. The Morgan fingerprint density at radius 2 is 1.85 bits per heavy atom. The molecule has 13 heavy (non-hydrogen) atoms. The SMILES string of the molecule is Cc1ccc(S(=O)(=O)P=BN)cc1. The van der Waals surface area contributed by atoms with Crippen molar-refractivity contribution in [3.63, 3.8) is 0 Å². The van der Waals surface area contributed by atoms with E-state index in [1.807, 2.05) is 6.92 Å². The van der Waals surface area contributed by atoms with E-state index in [2.05, 4.69) is 0 Å². The van der Waals surface area contributed by atoms with Crippen LogP contribution in [0.3, 0.4) is 0 Å². The van der Waals surface area contributed by atoms with Crippen LogP contribution in [0.25, 0.3) is 0 Å². The molecule has 0 saturated carbocycles. The summed E-state index contributed by atoms with van der Waals surface area (Å²) >= 11 is 0. The van der Waals surface area contributed by atoms with Crippen molar-refractivity contribution in [1.29, 1.82) is 0 Å². The summed E-state index contributed by atoms with van der Waals surface area (Å²) in [6.45, 7) is 3.03. The van der Waals surface area contributed by atoms with Gasteiger partial charge in [-0.25, -0.2) is 0 Å². The Kier molecular flexibility index (Phi) is 3.36. The molecule has 0 amide bonds. The van der Waals surface area contributed by atoms with E-state index in [4.69, 9.17) is 5.64 Å². The third-order valence-corrected chi connectivity index (χ3v) is 4.62. The van der Waals surface area contributed by atoms with Gasteiger partial charge >= 0.3 is 79.2 Å². The van der Waals surface area contributed by atoms with Crippen LogP contribution in [0.15, 0.2) is 29.2 Å². The molecule has 0 bridgehead atoms. The molecule has 0 spiro atoms. The Morgan fingerprint density at radius 1 is 1.31 bits per heavy atom. The van der Waals surface area contributed by atoms with Crippen molar-refractivity contribution in [3.05, 3.63) is 29.8 Å². The van der Waals surface area contributed by atoms with E-state index in [-0.39, 0.29) is 7.27 Å². The number of hydrogen-bond donors (Lipinski definition) is 1. The van der Waals surface area contributed by atoms with Crippen LogP contribution in [0, 0.1) is 6.92 Å². The minimum atomic E-state index is -3.24. The first kappa shape index (κ1) is 10.6. The summed E-state index contributed by atoms with van der Waals surface area (Å²) in [6.07, 6.45) is 0. The van der Waals surface area contributed by atoms with Gasteiger partial charge in [0.15, 0.2) is 0 Å². The van der Waals surface area contributed by atoms with Gasteiger partial charge in [0.1, 0.15) is 0 Å². The van der Waals surface area contributed by atoms with Crippen molar-refractivity contribution in [1.82, 2.24) is 0 Å². The summed E-state index contributed by atoms with van der Waals surface area (Å²) in [5, 5.41) is 0. The van der Waals surface area contributed by atoms with Gasteiger partial charge in [0.05, 0.1) is 0 Å². The molecule has 0 saturated heterocycles. The molecule has 0 aromatic heterocycles. The molecule has 1 aromatic rings. The van der Waals surface area contributed by atoms with Crippen molar-refractivity contribution in [3.8, 4) is 0 Å². The Hall–Kier alpha value is -0.505. The molecular weight excluding hydrogens is 204 g/mol. The van der Waals surface area contributed by atoms with Crippen LogP contribution in [0.4, 0.5) is 0 Å². The van der Waals surface area contributed by atoms with Gasteiger partial charge in [0.2, 0.25) is 0 Å². The molecule has 0 unspecified atom stereocenters. The van der Waals surface area contributed by atoms with Crippen LogP contribution in [0.2, 0.25) is 0 Å². The van der Waals surface area contributed by atoms with E-state index in [0.717, 1.165) is 12.3 Å². The second kappa shape index (κ2) is 4.14. The molecule has 1 aromatic carbocycles. The molecule has 0 aliphatic carbocycles. The predicted molar refractivity (Wildman–Crippen MR) is 55.2 cm³/mol. The number of rotatable bonds is 2. The topological polar surface area (TPSA) is 60.2 Å². The molecule has 0 atom stereocenters. The van der Waals surface area contributed by atoms with E-state index < -0.39 is 9.46 Å². The van der Waals surface area contributed by atoms with E-state index in [9.17, 15) is 8.42 Å². The first-order valence-electron chi connectivity index (χ1n) is 3.63. The van der Waals surface area contributed by atoms with Gasteiger partial charge in [0, 0.05) is 0 Å². The normalized spacial score (nSPS) is 11.5. The molecule has 0 aliphatic rings. The van der Waals surface area contributed by atoms with E-state index in [0.29, 0.717) is 4.90 Å². The van der Waals surface area contributed by atoms with E-state index >= 15 is 0 Å². The standard InChI is InChI=1S/C7H9BNO2PS/c1-6-2-4-7(5-3-6)13(10,11)12-8-9/h2-5H,9H2,1H3. The first-order chi connectivity index (χ1) is 6.06.